The van der Waals surface area contributed by atoms with Crippen molar-refractivity contribution in [2.24, 2.45) is 0 Å². The van der Waals surface area contributed by atoms with Gasteiger partial charge in [-0.3, -0.25) is 0 Å². The number of carbonyl (C=O) groups excluding carboxylic acids is 1. The summed E-state index contributed by atoms with van der Waals surface area (Å²) in [4.78, 5) is 13.6. The summed E-state index contributed by atoms with van der Waals surface area (Å²) in [7, 11) is 1.30. The second-order valence-corrected chi connectivity index (χ2v) is 6.81. The Bertz CT molecular complexity index is 702. The molecule has 2 aromatic rings. The van der Waals surface area contributed by atoms with Crippen LogP contribution in [0, 0.1) is 5.21 Å². The summed E-state index contributed by atoms with van der Waals surface area (Å²) in [6.07, 6.45) is 0.675. The second-order valence-electron chi connectivity index (χ2n) is 5.40. The fraction of sp³-hybridized carbons (Fsp3) is 0.312. The molecule has 22 heavy (non-hydrogen) atoms. The zero-order chi connectivity index (χ0) is 15.7. The van der Waals surface area contributed by atoms with Crippen LogP contribution in [-0.2, 0) is 22.5 Å². The van der Waals surface area contributed by atoms with E-state index in [-0.39, 0.29) is 6.54 Å². The van der Waals surface area contributed by atoms with Crippen LogP contribution in [0.4, 0.5) is 0 Å². The first-order valence-corrected chi connectivity index (χ1v) is 8.26. The Labute approximate surface area is 138 Å². The van der Waals surface area contributed by atoms with Gasteiger partial charge in [0.25, 0.3) is 0 Å². The number of thiophene rings is 1. The van der Waals surface area contributed by atoms with Crippen molar-refractivity contribution in [1.29, 1.82) is 0 Å². The molecule has 1 aliphatic rings. The normalized spacial score (nSPS) is 22.0. The lowest BCUT2D eigenvalue weighted by Gasteiger charge is -2.49. The van der Waals surface area contributed by atoms with Gasteiger partial charge >= 0.3 is 5.97 Å². The summed E-state index contributed by atoms with van der Waals surface area (Å²) in [5.74, 6) is -0.540. The first-order chi connectivity index (χ1) is 10.5. The third-order valence-corrected chi connectivity index (χ3v) is 5.46. The van der Waals surface area contributed by atoms with Crippen LogP contribution >= 0.6 is 22.9 Å². The number of esters is 1. The fourth-order valence-corrected chi connectivity index (χ4v) is 4.12. The van der Waals surface area contributed by atoms with Gasteiger partial charge in [-0.05, 0) is 17.5 Å². The van der Waals surface area contributed by atoms with Crippen molar-refractivity contribution in [3.05, 3.63) is 61.9 Å². The molecule has 0 aliphatic carbocycles. The quantitative estimate of drug-likeness (QED) is 0.487. The first kappa shape index (κ1) is 15.5. The van der Waals surface area contributed by atoms with Gasteiger partial charge in [0.2, 0.25) is 6.04 Å². The molecular formula is C16H16ClNO3S. The second kappa shape index (κ2) is 6.01. The van der Waals surface area contributed by atoms with E-state index in [4.69, 9.17) is 16.3 Å². The number of nitrogens with zero attached hydrogens (tertiary/aromatic N) is 1. The van der Waals surface area contributed by atoms with Crippen molar-refractivity contribution >= 4 is 28.9 Å². The van der Waals surface area contributed by atoms with Crippen LogP contribution < -0.4 is 0 Å². The molecule has 0 amide bonds. The summed E-state index contributed by atoms with van der Waals surface area (Å²) in [5, 5.41) is 15.8. The van der Waals surface area contributed by atoms with Crippen LogP contribution in [0.2, 0.25) is 5.02 Å². The molecule has 0 spiro atoms. The maximum Gasteiger partial charge on any atom is 0.370 e. The number of ether oxygens (including phenoxy) is 1. The Balaban J connectivity index is 2.04. The van der Waals surface area contributed by atoms with Crippen LogP contribution in [0.1, 0.15) is 22.0 Å². The largest absolute Gasteiger partial charge is 0.632 e. The number of hydroxylamine groups is 3. The molecule has 0 saturated heterocycles. The molecular weight excluding hydrogens is 322 g/mol. The van der Waals surface area contributed by atoms with E-state index in [1.54, 1.807) is 35.6 Å². The highest BCUT2D eigenvalue weighted by Gasteiger charge is 2.41. The molecule has 0 saturated carbocycles. The Morgan fingerprint density at radius 1 is 1.41 bits per heavy atom. The number of halogens is 1. The zero-order valence-corrected chi connectivity index (χ0v) is 13.7. The number of hydrogen-bond donors (Lipinski definition) is 0. The maximum atomic E-state index is 13.4. The molecule has 1 unspecified atom stereocenters. The number of fused-ring (bicyclic) bond motifs is 1. The van der Waals surface area contributed by atoms with E-state index in [1.165, 1.54) is 12.0 Å². The fourth-order valence-electron chi connectivity index (χ4n) is 2.99. The third-order valence-electron chi connectivity index (χ3n) is 4.09. The standard InChI is InChI=1S/C16H16ClNO3S/c1-21-16(19)15(12-4-2-3-5-13(12)17)18(20)8-6-14-11(10-18)7-9-22-14/h2-5,7,9,15H,6,8,10H2,1H3/t15?,18-/m1/s1. The predicted octanol–water partition coefficient (Wildman–Crippen LogP) is 3.69. The van der Waals surface area contributed by atoms with E-state index in [0.29, 0.717) is 23.6 Å². The number of hydrogen-bond acceptors (Lipinski definition) is 4. The van der Waals surface area contributed by atoms with Crippen molar-refractivity contribution in [3.8, 4) is 0 Å². The smallest absolute Gasteiger partial charge is 0.370 e. The van der Waals surface area contributed by atoms with Gasteiger partial charge < -0.3 is 14.6 Å². The van der Waals surface area contributed by atoms with Gasteiger partial charge in [0.15, 0.2) is 0 Å². The first-order valence-electron chi connectivity index (χ1n) is 7.00. The van der Waals surface area contributed by atoms with Crippen LogP contribution in [-0.4, -0.2) is 24.3 Å². The molecule has 1 aliphatic heterocycles. The number of quaternary nitrogens is 1. The summed E-state index contributed by atoms with van der Waals surface area (Å²) in [5.41, 5.74) is 1.55. The minimum Gasteiger partial charge on any atom is -0.632 e. The van der Waals surface area contributed by atoms with Gasteiger partial charge in [-0.2, -0.15) is 0 Å². The Hall–Kier alpha value is -1.40. The highest BCUT2D eigenvalue weighted by Crippen LogP contribution is 2.39. The minimum absolute atomic E-state index is 0.268. The number of benzene rings is 1. The Morgan fingerprint density at radius 3 is 2.91 bits per heavy atom. The monoisotopic (exact) mass is 337 g/mol. The molecule has 116 valence electrons. The van der Waals surface area contributed by atoms with E-state index in [0.717, 1.165) is 5.56 Å². The molecule has 0 bridgehead atoms. The maximum absolute atomic E-state index is 13.4. The average molecular weight is 338 g/mol. The molecule has 4 nitrogen and oxygen atoms in total. The zero-order valence-electron chi connectivity index (χ0n) is 12.1. The molecule has 2 atom stereocenters. The van der Waals surface area contributed by atoms with Gasteiger partial charge in [-0.1, -0.05) is 29.8 Å². The molecule has 2 heterocycles. The molecule has 1 aromatic heterocycles. The van der Waals surface area contributed by atoms with Gasteiger partial charge in [-0.25, -0.2) is 4.79 Å². The highest BCUT2D eigenvalue weighted by molar-refractivity contribution is 7.10. The topological polar surface area (TPSA) is 49.4 Å². The summed E-state index contributed by atoms with van der Waals surface area (Å²) in [6.45, 7) is 0.613. The van der Waals surface area contributed by atoms with Crippen molar-refractivity contribution < 1.29 is 14.2 Å². The van der Waals surface area contributed by atoms with Gasteiger partial charge in [0.1, 0.15) is 6.54 Å². The summed E-state index contributed by atoms with van der Waals surface area (Å²) >= 11 is 7.89. The van der Waals surface area contributed by atoms with Crippen LogP contribution in [0.5, 0.6) is 0 Å². The van der Waals surface area contributed by atoms with E-state index in [1.807, 2.05) is 11.4 Å². The molecule has 6 heteroatoms. The van der Waals surface area contributed by atoms with E-state index >= 15 is 0 Å². The third kappa shape index (κ3) is 2.65. The summed E-state index contributed by atoms with van der Waals surface area (Å²) < 4.78 is 4.25. The van der Waals surface area contributed by atoms with E-state index in [9.17, 15) is 10.0 Å². The van der Waals surface area contributed by atoms with Crippen molar-refractivity contribution in [1.82, 2.24) is 0 Å². The van der Waals surface area contributed by atoms with Crippen LogP contribution in [0.3, 0.4) is 0 Å². The number of methoxy groups -OCH3 is 1. The molecule has 0 N–H and O–H groups in total. The van der Waals surface area contributed by atoms with Crippen LogP contribution in [0.15, 0.2) is 35.7 Å². The molecule has 3 rings (SSSR count). The lowest BCUT2D eigenvalue weighted by molar-refractivity contribution is -0.917. The molecule has 1 aromatic carbocycles. The number of rotatable bonds is 3. The lowest BCUT2D eigenvalue weighted by atomic mass is 10.00. The Kier molecular flexibility index (Phi) is 4.23. The molecule has 0 radical (unpaired) electrons. The minimum atomic E-state index is -0.952. The molecule has 0 fully saturated rings. The van der Waals surface area contributed by atoms with Crippen molar-refractivity contribution in [2.45, 2.75) is 19.0 Å². The van der Waals surface area contributed by atoms with Crippen molar-refractivity contribution in [2.75, 3.05) is 13.7 Å². The Morgan fingerprint density at radius 2 is 2.18 bits per heavy atom. The highest BCUT2D eigenvalue weighted by atomic mass is 35.5. The van der Waals surface area contributed by atoms with Gasteiger partial charge in [0, 0.05) is 22.4 Å². The lowest BCUT2D eigenvalue weighted by Crippen LogP contribution is -2.51. The predicted molar refractivity (Wildman–Crippen MR) is 86.4 cm³/mol. The number of carbonyl (C=O) groups is 1. The van der Waals surface area contributed by atoms with E-state index < -0.39 is 16.7 Å². The average Bonchev–Trinajstić information content (AvgIpc) is 2.96. The summed E-state index contributed by atoms with van der Waals surface area (Å²) in [6, 6.07) is 7.99. The van der Waals surface area contributed by atoms with E-state index in [2.05, 4.69) is 0 Å². The SMILES string of the molecule is COC(=O)C(c1ccccc1Cl)[N@@+]1([O-])CCc2sccc2C1. The van der Waals surface area contributed by atoms with Gasteiger partial charge in [0.05, 0.1) is 18.7 Å². The van der Waals surface area contributed by atoms with Crippen molar-refractivity contribution in [3.63, 3.8) is 0 Å². The van der Waals surface area contributed by atoms with Gasteiger partial charge in [-0.15, -0.1) is 11.3 Å². The van der Waals surface area contributed by atoms with Crippen LogP contribution in [0.25, 0.3) is 0 Å².